The molecule has 1 saturated heterocycles. The van der Waals surface area contributed by atoms with E-state index in [0.717, 1.165) is 18.5 Å². The number of likely N-dealkylation sites (tertiary alicyclic amines) is 1. The molecular weight excluding hydrogens is 262 g/mol. The first-order valence-corrected chi connectivity index (χ1v) is 7.57. The maximum absolute atomic E-state index is 12.6. The predicted octanol–water partition coefficient (Wildman–Crippen LogP) is 2.78. The van der Waals surface area contributed by atoms with Crippen LogP contribution in [0.5, 0.6) is 0 Å². The highest BCUT2D eigenvalue weighted by Gasteiger charge is 2.29. The second kappa shape index (κ2) is 5.86. The van der Waals surface area contributed by atoms with E-state index in [2.05, 4.69) is 24.3 Å². The number of rotatable bonds is 3. The summed E-state index contributed by atoms with van der Waals surface area (Å²) in [6, 6.07) is 14.4. The molecule has 0 saturated carbocycles. The Hall–Kier alpha value is -1.87. The highest BCUT2D eigenvalue weighted by Crippen LogP contribution is 2.25. The highest BCUT2D eigenvalue weighted by molar-refractivity contribution is 5.87. The zero-order valence-corrected chi connectivity index (χ0v) is 12.3. The number of hydrogen-bond acceptors (Lipinski definition) is 2. The molecule has 0 aliphatic carbocycles. The standard InChI is InChI=1S/C18H21NO2/c1-13(18(21)19-9-8-14(11-19)12-20)16-7-6-15-4-2-3-5-17(15)10-16/h2-7,10,13-14,20H,8-9,11-12H2,1H3. The average molecular weight is 283 g/mol. The smallest absolute Gasteiger partial charge is 0.229 e. The van der Waals surface area contributed by atoms with Crippen molar-refractivity contribution in [3.8, 4) is 0 Å². The molecule has 21 heavy (non-hydrogen) atoms. The Bertz CT molecular complexity index is 652. The first-order valence-electron chi connectivity index (χ1n) is 7.57. The molecule has 0 radical (unpaired) electrons. The van der Waals surface area contributed by atoms with Crippen molar-refractivity contribution < 1.29 is 9.90 Å². The van der Waals surface area contributed by atoms with Gasteiger partial charge in [0.1, 0.15) is 0 Å². The summed E-state index contributed by atoms with van der Waals surface area (Å²) < 4.78 is 0. The van der Waals surface area contributed by atoms with Gasteiger partial charge in [0.05, 0.1) is 5.92 Å². The van der Waals surface area contributed by atoms with E-state index in [1.165, 1.54) is 10.8 Å². The van der Waals surface area contributed by atoms with Gasteiger partial charge in [-0.1, -0.05) is 42.5 Å². The quantitative estimate of drug-likeness (QED) is 0.941. The number of hydrogen-bond donors (Lipinski definition) is 1. The minimum absolute atomic E-state index is 0.132. The summed E-state index contributed by atoms with van der Waals surface area (Å²) in [5, 5.41) is 11.6. The van der Waals surface area contributed by atoms with Crippen LogP contribution in [0, 0.1) is 5.92 Å². The molecule has 1 heterocycles. The minimum Gasteiger partial charge on any atom is -0.396 e. The van der Waals surface area contributed by atoms with Crippen molar-refractivity contribution in [1.29, 1.82) is 0 Å². The van der Waals surface area contributed by atoms with Crippen LogP contribution in [0.1, 0.15) is 24.8 Å². The fraction of sp³-hybridized carbons (Fsp3) is 0.389. The molecule has 0 bridgehead atoms. The zero-order valence-electron chi connectivity index (χ0n) is 12.3. The lowest BCUT2D eigenvalue weighted by Crippen LogP contribution is -2.32. The third kappa shape index (κ3) is 2.79. The van der Waals surface area contributed by atoms with Crippen LogP contribution in [-0.2, 0) is 4.79 Å². The summed E-state index contributed by atoms with van der Waals surface area (Å²) in [4.78, 5) is 14.5. The maximum Gasteiger partial charge on any atom is 0.229 e. The fourth-order valence-corrected chi connectivity index (χ4v) is 3.08. The maximum atomic E-state index is 12.6. The summed E-state index contributed by atoms with van der Waals surface area (Å²) in [5.74, 6) is 0.283. The van der Waals surface area contributed by atoms with Gasteiger partial charge in [-0.3, -0.25) is 4.79 Å². The largest absolute Gasteiger partial charge is 0.396 e. The van der Waals surface area contributed by atoms with Gasteiger partial charge in [-0.15, -0.1) is 0 Å². The molecule has 110 valence electrons. The zero-order chi connectivity index (χ0) is 14.8. The number of aliphatic hydroxyl groups is 1. The lowest BCUT2D eigenvalue weighted by molar-refractivity contribution is -0.131. The third-order valence-electron chi connectivity index (χ3n) is 4.50. The Morgan fingerprint density at radius 2 is 2.05 bits per heavy atom. The van der Waals surface area contributed by atoms with Gasteiger partial charge in [0.15, 0.2) is 0 Å². The van der Waals surface area contributed by atoms with Crippen LogP contribution in [0.25, 0.3) is 10.8 Å². The molecule has 3 rings (SSSR count). The molecule has 1 aliphatic heterocycles. The van der Waals surface area contributed by atoms with E-state index in [9.17, 15) is 9.90 Å². The second-order valence-corrected chi connectivity index (χ2v) is 5.95. The first-order chi connectivity index (χ1) is 10.2. The average Bonchev–Trinajstić information content (AvgIpc) is 3.02. The second-order valence-electron chi connectivity index (χ2n) is 5.95. The van der Waals surface area contributed by atoms with E-state index in [0.29, 0.717) is 6.54 Å². The van der Waals surface area contributed by atoms with Gasteiger partial charge < -0.3 is 10.0 Å². The van der Waals surface area contributed by atoms with Crippen molar-refractivity contribution in [2.75, 3.05) is 19.7 Å². The monoisotopic (exact) mass is 283 g/mol. The molecule has 2 atom stereocenters. The van der Waals surface area contributed by atoms with Gasteiger partial charge >= 0.3 is 0 Å². The number of fused-ring (bicyclic) bond motifs is 1. The van der Waals surface area contributed by atoms with Crippen molar-refractivity contribution in [3.63, 3.8) is 0 Å². The lowest BCUT2D eigenvalue weighted by atomic mass is 9.96. The van der Waals surface area contributed by atoms with Gasteiger partial charge in [0, 0.05) is 25.6 Å². The number of carbonyl (C=O) groups is 1. The normalized spacial score (nSPS) is 19.9. The molecule has 3 nitrogen and oxygen atoms in total. The molecule has 3 heteroatoms. The number of amides is 1. The molecule has 1 fully saturated rings. The van der Waals surface area contributed by atoms with Crippen LogP contribution in [0.4, 0.5) is 0 Å². The van der Waals surface area contributed by atoms with Crippen molar-refractivity contribution in [1.82, 2.24) is 4.90 Å². The number of carbonyl (C=O) groups excluding carboxylic acids is 1. The van der Waals surface area contributed by atoms with Crippen LogP contribution in [0.2, 0.25) is 0 Å². The number of nitrogens with zero attached hydrogens (tertiary/aromatic N) is 1. The molecule has 2 aromatic rings. The Labute approximate surface area is 125 Å². The highest BCUT2D eigenvalue weighted by atomic mass is 16.3. The molecule has 1 N–H and O–H groups in total. The van der Waals surface area contributed by atoms with Crippen LogP contribution in [0.15, 0.2) is 42.5 Å². The topological polar surface area (TPSA) is 40.5 Å². The van der Waals surface area contributed by atoms with Crippen molar-refractivity contribution in [2.45, 2.75) is 19.3 Å². The van der Waals surface area contributed by atoms with Gasteiger partial charge in [-0.2, -0.15) is 0 Å². The Morgan fingerprint density at radius 3 is 2.76 bits per heavy atom. The van der Waals surface area contributed by atoms with Gasteiger partial charge in [0.2, 0.25) is 5.91 Å². The van der Waals surface area contributed by atoms with E-state index in [-0.39, 0.29) is 24.3 Å². The van der Waals surface area contributed by atoms with E-state index in [1.54, 1.807) is 0 Å². The molecule has 1 aliphatic rings. The van der Waals surface area contributed by atoms with Crippen LogP contribution in [0.3, 0.4) is 0 Å². The van der Waals surface area contributed by atoms with Crippen molar-refractivity contribution in [3.05, 3.63) is 48.0 Å². The molecule has 1 amide bonds. The van der Waals surface area contributed by atoms with Crippen LogP contribution in [-0.4, -0.2) is 35.6 Å². The molecule has 2 aromatic carbocycles. The molecule has 0 spiro atoms. The Balaban J connectivity index is 1.79. The molecular formula is C18H21NO2. The van der Waals surface area contributed by atoms with Crippen LogP contribution < -0.4 is 0 Å². The summed E-state index contributed by atoms with van der Waals surface area (Å²) in [5.41, 5.74) is 1.06. The fourth-order valence-electron chi connectivity index (χ4n) is 3.08. The van der Waals surface area contributed by atoms with Crippen LogP contribution >= 0.6 is 0 Å². The lowest BCUT2D eigenvalue weighted by Gasteiger charge is -2.21. The van der Waals surface area contributed by atoms with E-state index in [4.69, 9.17) is 0 Å². The van der Waals surface area contributed by atoms with Gasteiger partial charge in [-0.05, 0) is 29.7 Å². The molecule has 0 aromatic heterocycles. The summed E-state index contributed by atoms with van der Waals surface area (Å²) in [6.45, 7) is 3.60. The third-order valence-corrected chi connectivity index (χ3v) is 4.50. The summed E-state index contributed by atoms with van der Waals surface area (Å²) in [7, 11) is 0. The van der Waals surface area contributed by atoms with E-state index in [1.807, 2.05) is 30.0 Å². The Morgan fingerprint density at radius 1 is 1.29 bits per heavy atom. The van der Waals surface area contributed by atoms with Crippen molar-refractivity contribution in [2.24, 2.45) is 5.92 Å². The molecule has 2 unspecified atom stereocenters. The van der Waals surface area contributed by atoms with Gasteiger partial charge in [-0.25, -0.2) is 0 Å². The van der Waals surface area contributed by atoms with Gasteiger partial charge in [0.25, 0.3) is 0 Å². The first kappa shape index (κ1) is 14.1. The summed E-state index contributed by atoms with van der Waals surface area (Å²) in [6.07, 6.45) is 0.909. The predicted molar refractivity (Wildman–Crippen MR) is 84.1 cm³/mol. The number of benzene rings is 2. The Kier molecular flexibility index (Phi) is 3.93. The van der Waals surface area contributed by atoms with E-state index >= 15 is 0 Å². The van der Waals surface area contributed by atoms with Crippen molar-refractivity contribution >= 4 is 16.7 Å². The SMILES string of the molecule is CC(C(=O)N1CCC(CO)C1)c1ccc2ccccc2c1. The van der Waals surface area contributed by atoms with E-state index < -0.39 is 0 Å². The minimum atomic E-state index is -0.132. The summed E-state index contributed by atoms with van der Waals surface area (Å²) >= 11 is 0. The number of aliphatic hydroxyl groups excluding tert-OH is 1.